The minimum atomic E-state index is -3.92. The maximum atomic E-state index is 11.8. The smallest absolute Gasteiger partial charge is 0.335 e. The first-order valence-corrected chi connectivity index (χ1v) is 7.63. The maximum Gasteiger partial charge on any atom is 0.335 e. The monoisotopic (exact) mass is 317 g/mol. The summed E-state index contributed by atoms with van der Waals surface area (Å²) in [6.45, 7) is 1.74. The number of hydrogen-bond donors (Lipinski definition) is 3. The van der Waals surface area contributed by atoms with Crippen molar-refractivity contribution >= 4 is 27.6 Å². The van der Waals surface area contributed by atoms with Crippen molar-refractivity contribution in [3.8, 4) is 5.75 Å². The normalized spacial score (nSPS) is 10.9. The number of nitrogens with one attached hydrogen (secondary N) is 1. The van der Waals surface area contributed by atoms with Crippen molar-refractivity contribution in [2.45, 2.75) is 13.3 Å². The van der Waals surface area contributed by atoms with Crippen LogP contribution < -0.4 is 4.72 Å². The van der Waals surface area contributed by atoms with Gasteiger partial charge in [-0.3, -0.25) is 9.52 Å². The Morgan fingerprint density at radius 2 is 2.00 bits per heavy atom. The fraction of sp³-hybridized carbons (Fsp3) is 0.333. The van der Waals surface area contributed by atoms with Gasteiger partial charge in [-0.05, 0) is 25.1 Å². The Bertz CT molecular complexity index is 639. The van der Waals surface area contributed by atoms with Crippen LogP contribution in [0.2, 0.25) is 0 Å². The second-order valence-electron chi connectivity index (χ2n) is 4.01. The lowest BCUT2D eigenvalue weighted by molar-refractivity contribution is -0.142. The van der Waals surface area contributed by atoms with Gasteiger partial charge in [-0.25, -0.2) is 13.2 Å². The molecule has 0 heterocycles. The summed E-state index contributed by atoms with van der Waals surface area (Å²) in [5, 5.41) is 18.3. The van der Waals surface area contributed by atoms with E-state index in [9.17, 15) is 23.1 Å². The Morgan fingerprint density at radius 3 is 2.57 bits per heavy atom. The molecular formula is C12H15NO7S. The highest BCUT2D eigenvalue weighted by atomic mass is 32.2. The van der Waals surface area contributed by atoms with Crippen molar-refractivity contribution in [2.75, 3.05) is 17.1 Å². The second kappa shape index (κ2) is 6.93. The Balaban J connectivity index is 2.81. The van der Waals surface area contributed by atoms with Crippen molar-refractivity contribution < 1.29 is 33.0 Å². The average molecular weight is 317 g/mol. The number of aromatic hydroxyl groups is 1. The SMILES string of the molecule is CCOC(=O)CCS(=O)(=O)Nc1cc(C(=O)O)ccc1O. The van der Waals surface area contributed by atoms with Gasteiger partial charge in [0.1, 0.15) is 5.75 Å². The van der Waals surface area contributed by atoms with Crippen LogP contribution in [0.1, 0.15) is 23.7 Å². The number of esters is 1. The molecule has 0 saturated heterocycles. The first-order chi connectivity index (χ1) is 9.75. The molecule has 0 amide bonds. The molecule has 9 heteroatoms. The number of aromatic carboxylic acids is 1. The molecule has 0 atom stereocenters. The van der Waals surface area contributed by atoms with E-state index in [4.69, 9.17) is 5.11 Å². The van der Waals surface area contributed by atoms with Crippen molar-refractivity contribution in [2.24, 2.45) is 0 Å². The third-order valence-corrected chi connectivity index (χ3v) is 3.66. The van der Waals surface area contributed by atoms with Gasteiger partial charge in [-0.15, -0.1) is 0 Å². The van der Waals surface area contributed by atoms with E-state index in [1.54, 1.807) is 6.92 Å². The van der Waals surface area contributed by atoms with Crippen LogP contribution in [0.15, 0.2) is 18.2 Å². The highest BCUT2D eigenvalue weighted by molar-refractivity contribution is 7.92. The first kappa shape index (κ1) is 16.8. The topological polar surface area (TPSA) is 130 Å². The molecule has 0 aromatic heterocycles. The molecule has 116 valence electrons. The summed E-state index contributed by atoms with van der Waals surface area (Å²) in [6.07, 6.45) is -0.345. The van der Waals surface area contributed by atoms with Gasteiger partial charge in [-0.1, -0.05) is 0 Å². The summed E-state index contributed by atoms with van der Waals surface area (Å²) in [7, 11) is -3.92. The molecule has 1 aromatic carbocycles. The Kier molecular flexibility index (Phi) is 5.53. The van der Waals surface area contributed by atoms with Crippen molar-refractivity contribution in [3.63, 3.8) is 0 Å². The van der Waals surface area contributed by atoms with Crippen LogP contribution in [0.5, 0.6) is 5.75 Å². The Labute approximate surface area is 121 Å². The lowest BCUT2D eigenvalue weighted by Crippen LogP contribution is -2.20. The number of phenols is 1. The fourth-order valence-corrected chi connectivity index (χ4v) is 2.46. The maximum absolute atomic E-state index is 11.8. The van der Waals surface area contributed by atoms with Gasteiger partial charge in [0.25, 0.3) is 0 Å². The molecule has 0 aliphatic carbocycles. The number of carbonyl (C=O) groups is 2. The average Bonchev–Trinajstić information content (AvgIpc) is 2.39. The van der Waals surface area contributed by atoms with Crippen LogP contribution in [0.3, 0.4) is 0 Å². The van der Waals surface area contributed by atoms with Crippen LogP contribution in [-0.2, 0) is 19.6 Å². The molecule has 0 bridgehead atoms. The van der Waals surface area contributed by atoms with Crippen molar-refractivity contribution in [1.29, 1.82) is 0 Å². The quantitative estimate of drug-likeness (QED) is 0.500. The van der Waals surface area contributed by atoms with Gasteiger partial charge in [0.2, 0.25) is 10.0 Å². The zero-order valence-electron chi connectivity index (χ0n) is 11.2. The number of ether oxygens (including phenoxy) is 1. The van der Waals surface area contributed by atoms with E-state index in [0.29, 0.717) is 0 Å². The van der Waals surface area contributed by atoms with Crippen LogP contribution >= 0.6 is 0 Å². The van der Waals surface area contributed by atoms with E-state index in [1.165, 1.54) is 0 Å². The molecule has 0 radical (unpaired) electrons. The molecule has 0 aliphatic heterocycles. The molecule has 0 unspecified atom stereocenters. The largest absolute Gasteiger partial charge is 0.506 e. The van der Waals surface area contributed by atoms with Crippen LogP contribution in [-0.4, -0.2) is 42.9 Å². The van der Waals surface area contributed by atoms with E-state index >= 15 is 0 Å². The Morgan fingerprint density at radius 1 is 1.33 bits per heavy atom. The van der Waals surface area contributed by atoms with E-state index in [2.05, 4.69) is 4.74 Å². The number of rotatable bonds is 7. The summed E-state index contributed by atoms with van der Waals surface area (Å²) < 4.78 is 30.2. The van der Waals surface area contributed by atoms with Gasteiger partial charge in [0.15, 0.2) is 0 Å². The second-order valence-corrected chi connectivity index (χ2v) is 5.85. The lowest BCUT2D eigenvalue weighted by Gasteiger charge is -2.10. The van der Waals surface area contributed by atoms with Crippen LogP contribution in [0, 0.1) is 0 Å². The number of sulfonamides is 1. The van der Waals surface area contributed by atoms with Crippen molar-refractivity contribution in [1.82, 2.24) is 0 Å². The highest BCUT2D eigenvalue weighted by Gasteiger charge is 2.17. The van der Waals surface area contributed by atoms with Crippen molar-refractivity contribution in [3.05, 3.63) is 23.8 Å². The Hall–Kier alpha value is -2.29. The summed E-state index contributed by atoms with van der Waals surface area (Å²) in [6, 6.07) is 3.18. The summed E-state index contributed by atoms with van der Waals surface area (Å²) in [5.41, 5.74) is -0.449. The third-order valence-electron chi connectivity index (χ3n) is 2.39. The summed E-state index contributed by atoms with van der Waals surface area (Å²) in [5.74, 6) is -2.88. The molecular weight excluding hydrogens is 302 g/mol. The number of phenolic OH excluding ortho intramolecular Hbond substituents is 1. The van der Waals surface area contributed by atoms with Gasteiger partial charge < -0.3 is 14.9 Å². The molecule has 1 aromatic rings. The molecule has 8 nitrogen and oxygen atoms in total. The molecule has 0 spiro atoms. The number of benzene rings is 1. The van der Waals surface area contributed by atoms with Gasteiger partial charge in [-0.2, -0.15) is 0 Å². The first-order valence-electron chi connectivity index (χ1n) is 5.97. The molecule has 3 N–H and O–H groups in total. The zero-order valence-corrected chi connectivity index (χ0v) is 12.0. The van der Waals surface area contributed by atoms with Gasteiger partial charge in [0, 0.05) is 0 Å². The lowest BCUT2D eigenvalue weighted by atomic mass is 10.2. The fourth-order valence-electron chi connectivity index (χ4n) is 1.42. The van der Waals surface area contributed by atoms with Crippen LogP contribution in [0.4, 0.5) is 5.69 Å². The predicted molar refractivity (Wildman–Crippen MR) is 73.7 cm³/mol. The molecule has 0 fully saturated rings. The number of hydrogen-bond acceptors (Lipinski definition) is 6. The number of carbonyl (C=O) groups excluding carboxylic acids is 1. The van der Waals surface area contributed by atoms with E-state index in [-0.39, 0.29) is 24.3 Å². The number of anilines is 1. The summed E-state index contributed by atoms with van der Waals surface area (Å²) >= 11 is 0. The van der Waals surface area contributed by atoms with E-state index in [1.807, 2.05) is 4.72 Å². The molecule has 0 saturated carbocycles. The van der Waals surface area contributed by atoms with E-state index in [0.717, 1.165) is 18.2 Å². The molecule has 21 heavy (non-hydrogen) atoms. The third kappa shape index (κ3) is 5.30. The minimum absolute atomic E-state index is 0.147. The highest BCUT2D eigenvalue weighted by Crippen LogP contribution is 2.25. The standard InChI is InChI=1S/C12H15NO7S/c1-2-20-11(15)5-6-21(18,19)13-9-7-8(12(16)17)3-4-10(9)14/h3-4,7,13-14H,2,5-6H2,1H3,(H,16,17). The molecule has 0 aliphatic rings. The number of carboxylic acid groups (broad SMARTS) is 1. The van der Waals surface area contributed by atoms with Crippen LogP contribution in [0.25, 0.3) is 0 Å². The number of carboxylic acids is 1. The predicted octanol–water partition coefficient (Wildman–Crippen LogP) is 0.785. The van der Waals surface area contributed by atoms with E-state index < -0.39 is 33.5 Å². The van der Waals surface area contributed by atoms with Gasteiger partial charge in [0.05, 0.1) is 30.0 Å². The van der Waals surface area contributed by atoms with Gasteiger partial charge >= 0.3 is 11.9 Å². The minimum Gasteiger partial charge on any atom is -0.506 e. The summed E-state index contributed by atoms with van der Waals surface area (Å²) in [4.78, 5) is 21.9. The zero-order chi connectivity index (χ0) is 16.0. The molecule has 1 rings (SSSR count).